The Morgan fingerprint density at radius 1 is 1.35 bits per heavy atom. The van der Waals surface area contributed by atoms with Crippen LogP contribution in [-0.2, 0) is 11.3 Å². The van der Waals surface area contributed by atoms with E-state index in [-0.39, 0.29) is 11.9 Å². The molecule has 20 heavy (non-hydrogen) atoms. The predicted octanol–water partition coefficient (Wildman–Crippen LogP) is 0.853. The number of nitrogens with zero attached hydrogens (tertiary/aromatic N) is 3. The number of carbonyl (C=O) groups excluding carboxylic acids is 1. The molecule has 5 nitrogen and oxygen atoms in total. The first-order chi connectivity index (χ1) is 9.69. The molecule has 2 heterocycles. The summed E-state index contributed by atoms with van der Waals surface area (Å²) >= 11 is 0. The highest BCUT2D eigenvalue weighted by Crippen LogP contribution is 2.08. The Labute approximate surface area is 120 Å². The Bertz CT molecular complexity index is 415. The maximum atomic E-state index is 12.0. The molecule has 1 aliphatic heterocycles. The molecule has 1 aromatic rings. The summed E-state index contributed by atoms with van der Waals surface area (Å²) < 4.78 is 0. The van der Waals surface area contributed by atoms with Crippen molar-refractivity contribution in [1.82, 2.24) is 14.8 Å². The highest BCUT2D eigenvalue weighted by atomic mass is 16.2. The van der Waals surface area contributed by atoms with Crippen molar-refractivity contribution in [3.8, 4) is 0 Å². The number of piperazine rings is 1. The fourth-order valence-electron chi connectivity index (χ4n) is 2.37. The molecular formula is C15H24N4O. The summed E-state index contributed by atoms with van der Waals surface area (Å²) in [4.78, 5) is 20.7. The monoisotopic (exact) mass is 276 g/mol. The Hall–Kier alpha value is -1.46. The maximum Gasteiger partial charge on any atom is 0.224 e. The summed E-state index contributed by atoms with van der Waals surface area (Å²) in [7, 11) is 0. The van der Waals surface area contributed by atoms with Crippen molar-refractivity contribution in [3.05, 3.63) is 30.1 Å². The first kappa shape index (κ1) is 14.9. The zero-order chi connectivity index (χ0) is 14.4. The molecule has 0 aliphatic carbocycles. The van der Waals surface area contributed by atoms with E-state index in [4.69, 9.17) is 5.73 Å². The topological polar surface area (TPSA) is 62.5 Å². The fraction of sp³-hybridized carbons (Fsp3) is 0.600. The minimum absolute atomic E-state index is 0.00551. The SMILES string of the molecule is CCC(N)CC(=O)N1CCN(Cc2ccccn2)CC1. The minimum atomic E-state index is -0.00551. The molecule has 1 fully saturated rings. The second-order valence-electron chi connectivity index (χ2n) is 5.35. The van der Waals surface area contributed by atoms with E-state index in [1.54, 1.807) is 0 Å². The summed E-state index contributed by atoms with van der Waals surface area (Å²) in [6, 6.07) is 5.97. The molecule has 0 bridgehead atoms. The minimum Gasteiger partial charge on any atom is -0.340 e. The van der Waals surface area contributed by atoms with Crippen LogP contribution in [0, 0.1) is 0 Å². The molecule has 110 valence electrons. The van der Waals surface area contributed by atoms with Crippen LogP contribution in [0.3, 0.4) is 0 Å². The van der Waals surface area contributed by atoms with Crippen molar-refractivity contribution in [1.29, 1.82) is 0 Å². The largest absolute Gasteiger partial charge is 0.340 e. The van der Waals surface area contributed by atoms with Gasteiger partial charge < -0.3 is 10.6 Å². The molecule has 1 amide bonds. The Kier molecular flexibility index (Phi) is 5.49. The van der Waals surface area contributed by atoms with Crippen molar-refractivity contribution in [2.45, 2.75) is 32.4 Å². The van der Waals surface area contributed by atoms with Gasteiger partial charge in [0, 0.05) is 51.4 Å². The molecule has 2 N–H and O–H groups in total. The second-order valence-corrected chi connectivity index (χ2v) is 5.35. The van der Waals surface area contributed by atoms with E-state index >= 15 is 0 Å². The van der Waals surface area contributed by atoms with E-state index in [9.17, 15) is 4.79 Å². The molecule has 1 saturated heterocycles. The van der Waals surface area contributed by atoms with Crippen LogP contribution in [0.1, 0.15) is 25.5 Å². The second kappa shape index (κ2) is 7.36. The first-order valence-corrected chi connectivity index (χ1v) is 7.34. The zero-order valence-electron chi connectivity index (χ0n) is 12.2. The molecule has 0 aromatic carbocycles. The van der Waals surface area contributed by atoms with Crippen LogP contribution < -0.4 is 5.73 Å². The third-order valence-electron chi connectivity index (χ3n) is 3.80. The summed E-state index contributed by atoms with van der Waals surface area (Å²) in [6.45, 7) is 6.28. The molecule has 1 aliphatic rings. The third kappa shape index (κ3) is 4.28. The van der Waals surface area contributed by atoms with Crippen molar-refractivity contribution in [2.75, 3.05) is 26.2 Å². The Balaban J connectivity index is 1.76. The van der Waals surface area contributed by atoms with E-state index in [1.165, 1.54) is 0 Å². The van der Waals surface area contributed by atoms with E-state index in [2.05, 4.69) is 9.88 Å². The van der Waals surface area contributed by atoms with Crippen LogP contribution >= 0.6 is 0 Å². The Morgan fingerprint density at radius 2 is 2.10 bits per heavy atom. The van der Waals surface area contributed by atoms with Crippen molar-refractivity contribution >= 4 is 5.91 Å². The number of aromatic nitrogens is 1. The van der Waals surface area contributed by atoms with Gasteiger partial charge in [0.05, 0.1) is 5.69 Å². The average Bonchev–Trinajstić information content (AvgIpc) is 2.49. The van der Waals surface area contributed by atoms with Gasteiger partial charge in [0.2, 0.25) is 5.91 Å². The molecular weight excluding hydrogens is 252 g/mol. The van der Waals surface area contributed by atoms with Gasteiger partial charge >= 0.3 is 0 Å². The van der Waals surface area contributed by atoms with Crippen LogP contribution in [0.4, 0.5) is 0 Å². The van der Waals surface area contributed by atoms with Gasteiger partial charge in [-0.3, -0.25) is 14.7 Å². The standard InChI is InChI=1S/C15H24N4O/c1-2-13(16)11-15(20)19-9-7-18(8-10-19)12-14-5-3-4-6-17-14/h3-6,13H,2,7-12,16H2,1H3. The van der Waals surface area contributed by atoms with Crippen molar-refractivity contribution in [2.24, 2.45) is 5.73 Å². The summed E-state index contributed by atoms with van der Waals surface area (Å²) in [6.07, 6.45) is 3.14. The number of nitrogens with two attached hydrogens (primary N) is 1. The van der Waals surface area contributed by atoms with Gasteiger partial charge in [-0.2, -0.15) is 0 Å². The number of hydrogen-bond acceptors (Lipinski definition) is 4. The van der Waals surface area contributed by atoms with Gasteiger partial charge in [-0.05, 0) is 18.6 Å². The van der Waals surface area contributed by atoms with E-state index < -0.39 is 0 Å². The summed E-state index contributed by atoms with van der Waals surface area (Å²) in [5, 5.41) is 0. The third-order valence-corrected chi connectivity index (χ3v) is 3.80. The van der Waals surface area contributed by atoms with Gasteiger partial charge in [0.25, 0.3) is 0 Å². The van der Waals surface area contributed by atoms with Gasteiger partial charge in [0.15, 0.2) is 0 Å². The van der Waals surface area contributed by atoms with E-state index in [1.807, 2.05) is 36.2 Å². The van der Waals surface area contributed by atoms with Crippen LogP contribution in [0.15, 0.2) is 24.4 Å². The van der Waals surface area contributed by atoms with E-state index in [0.717, 1.165) is 44.8 Å². The number of carbonyl (C=O) groups is 1. The molecule has 0 saturated carbocycles. The van der Waals surface area contributed by atoms with Crippen molar-refractivity contribution in [3.63, 3.8) is 0 Å². The first-order valence-electron chi connectivity index (χ1n) is 7.34. The number of rotatable bonds is 5. The number of hydrogen-bond donors (Lipinski definition) is 1. The van der Waals surface area contributed by atoms with E-state index in [0.29, 0.717) is 6.42 Å². The fourth-order valence-corrected chi connectivity index (χ4v) is 2.37. The molecule has 5 heteroatoms. The van der Waals surface area contributed by atoms with Crippen LogP contribution in [0.25, 0.3) is 0 Å². The van der Waals surface area contributed by atoms with Gasteiger partial charge in [-0.15, -0.1) is 0 Å². The average molecular weight is 276 g/mol. The molecule has 1 aromatic heterocycles. The molecule has 1 unspecified atom stereocenters. The maximum absolute atomic E-state index is 12.0. The smallest absolute Gasteiger partial charge is 0.224 e. The van der Waals surface area contributed by atoms with Crippen LogP contribution in [0.5, 0.6) is 0 Å². The highest BCUT2D eigenvalue weighted by Gasteiger charge is 2.22. The molecule has 0 spiro atoms. The lowest BCUT2D eigenvalue weighted by molar-refractivity contribution is -0.133. The molecule has 2 rings (SSSR count). The van der Waals surface area contributed by atoms with Crippen LogP contribution in [-0.4, -0.2) is 52.9 Å². The lowest BCUT2D eigenvalue weighted by Crippen LogP contribution is -2.49. The highest BCUT2D eigenvalue weighted by molar-refractivity contribution is 5.76. The number of amides is 1. The normalized spacial score (nSPS) is 18.0. The lowest BCUT2D eigenvalue weighted by Gasteiger charge is -2.35. The zero-order valence-corrected chi connectivity index (χ0v) is 12.2. The lowest BCUT2D eigenvalue weighted by atomic mass is 10.1. The Morgan fingerprint density at radius 3 is 2.70 bits per heavy atom. The van der Waals surface area contributed by atoms with Crippen LogP contribution in [0.2, 0.25) is 0 Å². The molecule has 1 atom stereocenters. The number of pyridine rings is 1. The molecule has 0 radical (unpaired) electrons. The van der Waals surface area contributed by atoms with Gasteiger partial charge in [-0.1, -0.05) is 13.0 Å². The summed E-state index contributed by atoms with van der Waals surface area (Å²) in [5.41, 5.74) is 6.93. The predicted molar refractivity (Wildman–Crippen MR) is 79.0 cm³/mol. The van der Waals surface area contributed by atoms with Crippen molar-refractivity contribution < 1.29 is 4.79 Å². The van der Waals surface area contributed by atoms with Gasteiger partial charge in [0.1, 0.15) is 0 Å². The van der Waals surface area contributed by atoms with Gasteiger partial charge in [-0.25, -0.2) is 0 Å². The quantitative estimate of drug-likeness (QED) is 0.866. The summed E-state index contributed by atoms with van der Waals surface area (Å²) in [5.74, 6) is 0.192.